The highest BCUT2D eigenvalue weighted by Gasteiger charge is 2.10. The summed E-state index contributed by atoms with van der Waals surface area (Å²) in [6, 6.07) is 14.1. The summed E-state index contributed by atoms with van der Waals surface area (Å²) < 4.78 is 5.72. The van der Waals surface area contributed by atoms with Crippen LogP contribution in [-0.2, 0) is 12.8 Å². The molecule has 0 saturated carbocycles. The topological polar surface area (TPSA) is 38.1 Å². The summed E-state index contributed by atoms with van der Waals surface area (Å²) >= 11 is 12.4. The molecule has 0 bridgehead atoms. The van der Waals surface area contributed by atoms with Gasteiger partial charge in [-0.15, -0.1) is 0 Å². The Hall–Kier alpha value is -1.97. The van der Waals surface area contributed by atoms with Gasteiger partial charge in [-0.3, -0.25) is 0 Å². The van der Waals surface area contributed by atoms with Crippen molar-refractivity contribution in [1.82, 2.24) is 4.98 Å². The second-order valence-electron chi connectivity index (χ2n) is 5.18. The molecule has 3 nitrogen and oxygen atoms in total. The van der Waals surface area contributed by atoms with Crippen LogP contribution in [0.2, 0.25) is 10.0 Å². The first-order chi connectivity index (χ1) is 11.2. The van der Waals surface area contributed by atoms with Crippen LogP contribution in [0.3, 0.4) is 0 Å². The Morgan fingerprint density at radius 1 is 1.04 bits per heavy atom. The molecule has 1 heterocycles. The minimum absolute atomic E-state index is 0.451. The van der Waals surface area contributed by atoms with Gasteiger partial charge in [-0.2, -0.15) is 0 Å². The fourth-order valence-corrected chi connectivity index (χ4v) is 2.80. The molecule has 0 aliphatic rings. The third-order valence-electron chi connectivity index (χ3n) is 3.58. The number of nitrogens with zero attached hydrogens (tertiary/aromatic N) is 1. The second kappa shape index (κ2) is 7.07. The smallest absolute Gasteiger partial charge is 0.299 e. The molecule has 0 fully saturated rings. The molecule has 0 unspecified atom stereocenters. The summed E-state index contributed by atoms with van der Waals surface area (Å²) in [5, 5.41) is 4.39. The molecule has 0 atom stereocenters. The molecular formula is C18H16Cl2N2O. The Morgan fingerprint density at radius 2 is 1.74 bits per heavy atom. The number of oxazole rings is 1. The fraction of sp³-hybridized carbons (Fsp3) is 0.167. The first-order valence-electron chi connectivity index (χ1n) is 7.39. The van der Waals surface area contributed by atoms with Gasteiger partial charge in [0.05, 0.1) is 6.20 Å². The molecule has 2 aromatic carbocycles. The van der Waals surface area contributed by atoms with Gasteiger partial charge in [0.15, 0.2) is 0 Å². The lowest BCUT2D eigenvalue weighted by Crippen LogP contribution is -1.91. The van der Waals surface area contributed by atoms with E-state index >= 15 is 0 Å². The Labute approximate surface area is 145 Å². The van der Waals surface area contributed by atoms with Gasteiger partial charge in [0.2, 0.25) is 0 Å². The Balaban J connectivity index is 1.72. The van der Waals surface area contributed by atoms with Crippen LogP contribution in [0, 0.1) is 0 Å². The highest BCUT2D eigenvalue weighted by Crippen LogP contribution is 2.28. The first kappa shape index (κ1) is 15.9. The number of anilines is 2. The van der Waals surface area contributed by atoms with E-state index in [1.807, 2.05) is 30.3 Å². The highest BCUT2D eigenvalue weighted by molar-refractivity contribution is 6.36. The molecule has 0 spiro atoms. The van der Waals surface area contributed by atoms with Crippen molar-refractivity contribution >= 4 is 34.9 Å². The number of hydrogen-bond donors (Lipinski definition) is 1. The average molecular weight is 347 g/mol. The minimum Gasteiger partial charge on any atom is -0.428 e. The van der Waals surface area contributed by atoms with Crippen molar-refractivity contribution in [2.24, 2.45) is 0 Å². The van der Waals surface area contributed by atoms with Gasteiger partial charge in [-0.05, 0) is 41.8 Å². The molecule has 23 heavy (non-hydrogen) atoms. The van der Waals surface area contributed by atoms with E-state index in [9.17, 15) is 0 Å². The van der Waals surface area contributed by atoms with E-state index in [4.69, 9.17) is 27.6 Å². The summed E-state index contributed by atoms with van der Waals surface area (Å²) in [6.07, 6.45) is 3.20. The molecule has 0 radical (unpaired) electrons. The molecular weight excluding hydrogens is 331 g/mol. The van der Waals surface area contributed by atoms with Crippen molar-refractivity contribution in [2.45, 2.75) is 19.8 Å². The van der Waals surface area contributed by atoms with Gasteiger partial charge in [0.25, 0.3) is 6.01 Å². The van der Waals surface area contributed by atoms with Crippen molar-refractivity contribution < 1.29 is 4.42 Å². The monoisotopic (exact) mass is 346 g/mol. The summed E-state index contributed by atoms with van der Waals surface area (Å²) in [4.78, 5) is 4.25. The van der Waals surface area contributed by atoms with E-state index in [0.717, 1.165) is 17.7 Å². The number of halogens is 2. The van der Waals surface area contributed by atoms with Gasteiger partial charge in [-0.1, -0.05) is 48.3 Å². The van der Waals surface area contributed by atoms with Crippen molar-refractivity contribution in [2.75, 3.05) is 5.32 Å². The van der Waals surface area contributed by atoms with Gasteiger partial charge >= 0.3 is 0 Å². The van der Waals surface area contributed by atoms with Crippen LogP contribution in [0.15, 0.2) is 53.1 Å². The maximum absolute atomic E-state index is 6.18. The zero-order valence-corrected chi connectivity index (χ0v) is 14.2. The molecule has 3 aromatic rings. The third-order valence-corrected chi connectivity index (χ3v) is 4.29. The fourth-order valence-electron chi connectivity index (χ4n) is 2.27. The van der Waals surface area contributed by atoms with E-state index in [1.165, 1.54) is 5.56 Å². The molecule has 3 rings (SSSR count). The normalized spacial score (nSPS) is 10.7. The summed E-state index contributed by atoms with van der Waals surface area (Å²) in [6.45, 7) is 2.13. The van der Waals surface area contributed by atoms with Crippen molar-refractivity contribution in [1.29, 1.82) is 0 Å². The van der Waals surface area contributed by atoms with E-state index in [0.29, 0.717) is 28.2 Å². The van der Waals surface area contributed by atoms with Crippen molar-refractivity contribution in [3.05, 3.63) is 75.6 Å². The van der Waals surface area contributed by atoms with Crippen LogP contribution in [0.4, 0.5) is 11.7 Å². The van der Waals surface area contributed by atoms with Crippen LogP contribution >= 0.6 is 23.2 Å². The van der Waals surface area contributed by atoms with Gasteiger partial charge in [0.1, 0.15) is 5.76 Å². The molecule has 118 valence electrons. The lowest BCUT2D eigenvalue weighted by molar-refractivity contribution is 0.532. The maximum Gasteiger partial charge on any atom is 0.299 e. The number of benzene rings is 2. The van der Waals surface area contributed by atoms with Crippen LogP contribution in [-0.4, -0.2) is 4.98 Å². The lowest BCUT2D eigenvalue weighted by atomic mass is 10.1. The summed E-state index contributed by atoms with van der Waals surface area (Å²) in [7, 11) is 0. The highest BCUT2D eigenvalue weighted by atomic mass is 35.5. The zero-order valence-electron chi connectivity index (χ0n) is 12.6. The van der Waals surface area contributed by atoms with Gasteiger partial charge < -0.3 is 9.73 Å². The average Bonchev–Trinajstić information content (AvgIpc) is 2.99. The standard InChI is InChI=1S/C18H16Cl2N2O/c1-2-12-6-8-13(9-7-12)22-18-21-11-14(23-18)10-15-16(19)4-3-5-17(15)20/h3-9,11H,2,10H2,1H3,(H,21,22). The lowest BCUT2D eigenvalue weighted by Gasteiger charge is -2.05. The van der Waals surface area contributed by atoms with E-state index in [2.05, 4.69) is 29.4 Å². The van der Waals surface area contributed by atoms with E-state index < -0.39 is 0 Å². The molecule has 0 saturated heterocycles. The van der Waals surface area contributed by atoms with Crippen LogP contribution in [0.1, 0.15) is 23.8 Å². The molecule has 0 aliphatic carbocycles. The van der Waals surface area contributed by atoms with Crippen molar-refractivity contribution in [3.63, 3.8) is 0 Å². The number of rotatable bonds is 5. The molecule has 1 aromatic heterocycles. The molecule has 0 amide bonds. The Morgan fingerprint density at radius 3 is 2.39 bits per heavy atom. The van der Waals surface area contributed by atoms with E-state index in [1.54, 1.807) is 6.20 Å². The minimum atomic E-state index is 0.451. The van der Waals surface area contributed by atoms with Gasteiger partial charge in [0, 0.05) is 22.2 Å². The maximum atomic E-state index is 6.18. The second-order valence-corrected chi connectivity index (χ2v) is 6.00. The third kappa shape index (κ3) is 3.87. The van der Waals surface area contributed by atoms with Crippen molar-refractivity contribution in [3.8, 4) is 0 Å². The molecule has 0 aliphatic heterocycles. The first-order valence-corrected chi connectivity index (χ1v) is 8.15. The predicted molar refractivity (Wildman–Crippen MR) is 94.9 cm³/mol. The van der Waals surface area contributed by atoms with Crippen LogP contribution in [0.25, 0.3) is 0 Å². The quantitative estimate of drug-likeness (QED) is 0.626. The Bertz CT molecular complexity index is 777. The number of hydrogen-bond acceptors (Lipinski definition) is 3. The predicted octanol–water partition coefficient (Wildman–Crippen LogP) is 5.88. The zero-order chi connectivity index (χ0) is 16.2. The van der Waals surface area contributed by atoms with Crippen LogP contribution in [0.5, 0.6) is 0 Å². The molecule has 5 heteroatoms. The van der Waals surface area contributed by atoms with Crippen LogP contribution < -0.4 is 5.32 Å². The molecule has 1 N–H and O–H groups in total. The number of nitrogens with one attached hydrogen (secondary N) is 1. The summed E-state index contributed by atoms with van der Waals surface area (Å²) in [5.74, 6) is 0.702. The summed E-state index contributed by atoms with van der Waals surface area (Å²) in [5.41, 5.74) is 3.06. The number of aromatic nitrogens is 1. The SMILES string of the molecule is CCc1ccc(Nc2ncc(Cc3c(Cl)cccc3Cl)o2)cc1. The largest absolute Gasteiger partial charge is 0.428 e. The van der Waals surface area contributed by atoms with E-state index in [-0.39, 0.29) is 0 Å². The van der Waals surface area contributed by atoms with Gasteiger partial charge in [-0.25, -0.2) is 4.98 Å². The number of aryl methyl sites for hydroxylation is 1. The Kier molecular flexibility index (Phi) is 4.89.